The maximum Gasteiger partial charge on any atom is 0.269 e. The number of carbonyl (C=O) groups is 1. The summed E-state index contributed by atoms with van der Waals surface area (Å²) in [4.78, 5) is 25.0. The van der Waals surface area contributed by atoms with E-state index in [4.69, 9.17) is 4.74 Å². The van der Waals surface area contributed by atoms with Gasteiger partial charge in [0, 0.05) is 25.2 Å². The van der Waals surface area contributed by atoms with Gasteiger partial charge in [-0.2, -0.15) is 0 Å². The van der Waals surface area contributed by atoms with Crippen molar-refractivity contribution in [2.45, 2.75) is 17.9 Å². The fourth-order valence-electron chi connectivity index (χ4n) is 3.03. The molecule has 0 saturated heterocycles. The van der Waals surface area contributed by atoms with Crippen molar-refractivity contribution in [3.63, 3.8) is 0 Å². The third-order valence-electron chi connectivity index (χ3n) is 4.67. The Hall–Kier alpha value is -3.19. The first-order valence-electron chi connectivity index (χ1n) is 9.32. The first-order chi connectivity index (χ1) is 14.5. The van der Waals surface area contributed by atoms with E-state index in [1.807, 2.05) is 54.6 Å². The standard InChI is InChI=1S/C23H21BrN2O4/c1-30-21-13-9-18(10-14-21)16-25(15-17-7-11-20(12-8-17)26(28)29)23(27)22(24)19-5-3-2-4-6-19/h2-14,22H,15-16H2,1H3. The van der Waals surface area contributed by atoms with Crippen LogP contribution in [-0.2, 0) is 17.9 Å². The first kappa shape index (κ1) is 21.5. The monoisotopic (exact) mass is 468 g/mol. The van der Waals surface area contributed by atoms with Gasteiger partial charge in [-0.25, -0.2) is 0 Å². The summed E-state index contributed by atoms with van der Waals surface area (Å²) in [5.74, 6) is 0.657. The Labute approximate surface area is 183 Å². The Kier molecular flexibility index (Phi) is 7.19. The summed E-state index contributed by atoms with van der Waals surface area (Å²) in [5.41, 5.74) is 2.66. The Morgan fingerprint density at radius 3 is 2.00 bits per heavy atom. The third kappa shape index (κ3) is 5.45. The Morgan fingerprint density at radius 2 is 1.50 bits per heavy atom. The normalized spacial score (nSPS) is 11.5. The number of hydrogen-bond acceptors (Lipinski definition) is 4. The molecule has 3 rings (SSSR count). The summed E-state index contributed by atoms with van der Waals surface area (Å²) in [6.07, 6.45) is 0. The molecule has 0 spiro atoms. The molecule has 3 aromatic carbocycles. The zero-order valence-electron chi connectivity index (χ0n) is 16.4. The fourth-order valence-corrected chi connectivity index (χ4v) is 3.63. The number of ether oxygens (including phenoxy) is 1. The summed E-state index contributed by atoms with van der Waals surface area (Å²) in [5, 5.41) is 10.9. The van der Waals surface area contributed by atoms with Crippen LogP contribution in [0.4, 0.5) is 5.69 Å². The molecule has 1 atom stereocenters. The Balaban J connectivity index is 1.84. The van der Waals surface area contributed by atoms with Crippen molar-refractivity contribution in [2.24, 2.45) is 0 Å². The van der Waals surface area contributed by atoms with Crippen molar-refractivity contribution in [1.29, 1.82) is 0 Å². The quantitative estimate of drug-likeness (QED) is 0.256. The highest BCUT2D eigenvalue weighted by Gasteiger charge is 2.24. The molecule has 6 nitrogen and oxygen atoms in total. The van der Waals surface area contributed by atoms with Crippen molar-refractivity contribution in [2.75, 3.05) is 7.11 Å². The van der Waals surface area contributed by atoms with Gasteiger partial charge in [0.15, 0.2) is 0 Å². The van der Waals surface area contributed by atoms with Crippen LogP contribution in [0, 0.1) is 10.1 Å². The zero-order chi connectivity index (χ0) is 21.5. The number of halogens is 1. The summed E-state index contributed by atoms with van der Waals surface area (Å²) in [6, 6.07) is 23.3. The lowest BCUT2D eigenvalue weighted by molar-refractivity contribution is -0.384. The van der Waals surface area contributed by atoms with Gasteiger partial charge in [-0.15, -0.1) is 0 Å². The molecule has 0 heterocycles. The summed E-state index contributed by atoms with van der Waals surface area (Å²) >= 11 is 3.53. The van der Waals surface area contributed by atoms with Crippen LogP contribution in [0.15, 0.2) is 78.9 Å². The molecule has 1 amide bonds. The highest BCUT2D eigenvalue weighted by Crippen LogP contribution is 2.27. The van der Waals surface area contributed by atoms with Gasteiger partial charge in [0.2, 0.25) is 5.91 Å². The minimum atomic E-state index is -0.491. The molecule has 0 aromatic heterocycles. The lowest BCUT2D eigenvalue weighted by atomic mass is 10.1. The lowest BCUT2D eigenvalue weighted by Crippen LogP contribution is -2.32. The molecule has 1 unspecified atom stereocenters. The number of nitro groups is 1. The summed E-state index contributed by atoms with van der Waals surface area (Å²) in [7, 11) is 1.61. The molecular formula is C23H21BrN2O4. The van der Waals surface area contributed by atoms with Gasteiger partial charge in [-0.05, 0) is 28.8 Å². The van der Waals surface area contributed by atoms with Crippen LogP contribution in [0.25, 0.3) is 0 Å². The average molecular weight is 469 g/mol. The largest absolute Gasteiger partial charge is 0.497 e. The molecule has 0 radical (unpaired) electrons. The van der Waals surface area contributed by atoms with Crippen molar-refractivity contribution < 1.29 is 14.5 Å². The van der Waals surface area contributed by atoms with Crippen molar-refractivity contribution in [1.82, 2.24) is 4.90 Å². The minimum Gasteiger partial charge on any atom is -0.497 e. The van der Waals surface area contributed by atoms with Crippen LogP contribution in [-0.4, -0.2) is 22.8 Å². The van der Waals surface area contributed by atoms with E-state index in [2.05, 4.69) is 15.9 Å². The van der Waals surface area contributed by atoms with Crippen LogP contribution in [0.2, 0.25) is 0 Å². The molecule has 7 heteroatoms. The van der Waals surface area contributed by atoms with E-state index >= 15 is 0 Å². The number of benzene rings is 3. The second kappa shape index (κ2) is 10.0. The van der Waals surface area contributed by atoms with E-state index in [9.17, 15) is 14.9 Å². The number of nitro benzene ring substituents is 1. The summed E-state index contributed by atoms with van der Waals surface area (Å²) < 4.78 is 5.20. The molecule has 0 bridgehead atoms. The van der Waals surface area contributed by atoms with Crippen LogP contribution in [0.3, 0.4) is 0 Å². The first-order valence-corrected chi connectivity index (χ1v) is 10.2. The van der Waals surface area contributed by atoms with Gasteiger partial charge in [-0.1, -0.05) is 70.5 Å². The second-order valence-corrected chi connectivity index (χ2v) is 7.65. The van der Waals surface area contributed by atoms with E-state index < -0.39 is 9.75 Å². The Morgan fingerprint density at radius 1 is 0.967 bits per heavy atom. The molecule has 0 N–H and O–H groups in total. The maximum atomic E-state index is 13.3. The van der Waals surface area contributed by atoms with Crippen LogP contribution in [0.1, 0.15) is 21.5 Å². The van der Waals surface area contributed by atoms with Gasteiger partial charge in [0.25, 0.3) is 5.69 Å². The lowest BCUT2D eigenvalue weighted by Gasteiger charge is -2.26. The zero-order valence-corrected chi connectivity index (χ0v) is 18.0. The van der Waals surface area contributed by atoms with Gasteiger partial charge >= 0.3 is 0 Å². The van der Waals surface area contributed by atoms with Gasteiger partial charge in [0.1, 0.15) is 10.6 Å². The van der Waals surface area contributed by atoms with E-state index in [0.717, 1.165) is 22.4 Å². The number of carbonyl (C=O) groups excluding carboxylic acids is 1. The number of amides is 1. The van der Waals surface area contributed by atoms with Crippen LogP contribution < -0.4 is 4.74 Å². The molecular weight excluding hydrogens is 448 g/mol. The number of hydrogen-bond donors (Lipinski definition) is 0. The topological polar surface area (TPSA) is 72.7 Å². The molecule has 0 aliphatic rings. The predicted molar refractivity (Wildman–Crippen MR) is 118 cm³/mol. The smallest absolute Gasteiger partial charge is 0.269 e. The molecule has 3 aromatic rings. The van der Waals surface area contributed by atoms with Crippen molar-refractivity contribution in [3.8, 4) is 5.75 Å². The van der Waals surface area contributed by atoms with Gasteiger partial charge in [-0.3, -0.25) is 14.9 Å². The van der Waals surface area contributed by atoms with Crippen LogP contribution >= 0.6 is 15.9 Å². The number of alkyl halides is 1. The minimum absolute atomic E-state index is 0.0226. The number of methoxy groups -OCH3 is 1. The SMILES string of the molecule is COc1ccc(CN(Cc2ccc([N+](=O)[O-])cc2)C(=O)C(Br)c2ccccc2)cc1. The van der Waals surface area contributed by atoms with Crippen LogP contribution in [0.5, 0.6) is 5.75 Å². The highest BCUT2D eigenvalue weighted by atomic mass is 79.9. The van der Waals surface area contributed by atoms with E-state index in [0.29, 0.717) is 13.1 Å². The molecule has 0 aliphatic heterocycles. The van der Waals surface area contributed by atoms with E-state index in [-0.39, 0.29) is 11.6 Å². The van der Waals surface area contributed by atoms with Crippen molar-refractivity contribution in [3.05, 3.63) is 106 Å². The summed E-state index contributed by atoms with van der Waals surface area (Å²) in [6.45, 7) is 0.729. The predicted octanol–water partition coefficient (Wildman–Crippen LogP) is 5.27. The molecule has 0 fully saturated rings. The maximum absolute atomic E-state index is 13.3. The molecule has 154 valence electrons. The Bertz CT molecular complexity index is 992. The number of non-ortho nitro benzene ring substituents is 1. The average Bonchev–Trinajstić information content (AvgIpc) is 2.79. The molecule has 0 aliphatic carbocycles. The number of nitrogens with zero attached hydrogens (tertiary/aromatic N) is 2. The van der Waals surface area contributed by atoms with E-state index in [1.165, 1.54) is 12.1 Å². The fraction of sp³-hybridized carbons (Fsp3) is 0.174. The second-order valence-electron chi connectivity index (χ2n) is 6.74. The number of rotatable bonds is 8. The van der Waals surface area contributed by atoms with Gasteiger partial charge in [0.05, 0.1) is 12.0 Å². The highest BCUT2D eigenvalue weighted by molar-refractivity contribution is 9.09. The molecule has 0 saturated carbocycles. The molecule has 30 heavy (non-hydrogen) atoms. The third-order valence-corrected chi connectivity index (χ3v) is 5.59. The van der Waals surface area contributed by atoms with E-state index in [1.54, 1.807) is 24.1 Å². The van der Waals surface area contributed by atoms with Gasteiger partial charge < -0.3 is 9.64 Å². The van der Waals surface area contributed by atoms with Crippen molar-refractivity contribution >= 4 is 27.5 Å².